The molecule has 2 aromatic heterocycles. The molecule has 5 rings (SSSR count). The molecular formula is C22H27N7O. The summed E-state index contributed by atoms with van der Waals surface area (Å²) in [5, 5.41) is 15.9. The van der Waals surface area contributed by atoms with Crippen LogP contribution in [0.25, 0.3) is 0 Å². The fourth-order valence-electron chi connectivity index (χ4n) is 4.69. The molecule has 0 radical (unpaired) electrons. The minimum absolute atomic E-state index is 0.155. The summed E-state index contributed by atoms with van der Waals surface area (Å²) in [7, 11) is 0. The van der Waals surface area contributed by atoms with Gasteiger partial charge in [0.15, 0.2) is 0 Å². The van der Waals surface area contributed by atoms with Crippen molar-refractivity contribution in [3.63, 3.8) is 0 Å². The van der Waals surface area contributed by atoms with Crippen molar-refractivity contribution >= 4 is 5.91 Å². The molecule has 1 saturated heterocycles. The van der Waals surface area contributed by atoms with Gasteiger partial charge in [-0.15, -0.1) is 10.2 Å². The monoisotopic (exact) mass is 405 g/mol. The van der Waals surface area contributed by atoms with Crippen molar-refractivity contribution < 1.29 is 4.79 Å². The van der Waals surface area contributed by atoms with E-state index in [0.29, 0.717) is 24.2 Å². The Morgan fingerprint density at radius 1 is 1.10 bits per heavy atom. The minimum atomic E-state index is -0.155. The molecule has 0 bridgehead atoms. The number of nitrogens with one attached hydrogen (secondary N) is 1. The number of rotatable bonds is 6. The zero-order valence-electron chi connectivity index (χ0n) is 17.2. The molecular weight excluding hydrogens is 378 g/mol. The largest absolute Gasteiger partial charge is 0.345 e. The topological polar surface area (TPSA) is 80.9 Å². The highest BCUT2D eigenvalue weighted by Crippen LogP contribution is 2.33. The lowest BCUT2D eigenvalue weighted by molar-refractivity contribution is 0.0932. The van der Waals surface area contributed by atoms with Crippen molar-refractivity contribution in [3.05, 3.63) is 65.5 Å². The van der Waals surface area contributed by atoms with Gasteiger partial charge in [-0.1, -0.05) is 30.3 Å². The first-order valence-electron chi connectivity index (χ1n) is 10.7. The Bertz CT molecular complexity index is 1030. The first-order valence-corrected chi connectivity index (χ1v) is 10.7. The summed E-state index contributed by atoms with van der Waals surface area (Å²) in [6.07, 6.45) is 4.98. The minimum Gasteiger partial charge on any atom is -0.345 e. The van der Waals surface area contributed by atoms with Gasteiger partial charge in [-0.25, -0.2) is 0 Å². The van der Waals surface area contributed by atoms with Gasteiger partial charge in [0.05, 0.1) is 6.20 Å². The average Bonchev–Trinajstić information content (AvgIpc) is 3.48. The quantitative estimate of drug-likeness (QED) is 0.676. The fraction of sp³-hybridized carbons (Fsp3) is 0.455. The lowest BCUT2D eigenvalue weighted by Gasteiger charge is -2.25. The number of benzene rings is 1. The maximum atomic E-state index is 12.7. The van der Waals surface area contributed by atoms with Crippen LogP contribution in [-0.4, -0.2) is 48.4 Å². The highest BCUT2D eigenvalue weighted by molar-refractivity contribution is 5.90. The van der Waals surface area contributed by atoms with Crippen LogP contribution in [0.4, 0.5) is 0 Å². The van der Waals surface area contributed by atoms with E-state index in [1.165, 1.54) is 5.56 Å². The molecule has 30 heavy (non-hydrogen) atoms. The molecule has 2 aliphatic rings. The summed E-state index contributed by atoms with van der Waals surface area (Å²) in [5.41, 5.74) is 2.33. The first-order chi connectivity index (χ1) is 14.7. The number of amides is 1. The van der Waals surface area contributed by atoms with Crippen molar-refractivity contribution in [2.24, 2.45) is 11.8 Å². The average molecular weight is 406 g/mol. The van der Waals surface area contributed by atoms with Crippen LogP contribution in [0.3, 0.4) is 0 Å². The number of likely N-dealkylation sites (tertiary alicyclic amines) is 1. The molecule has 1 aromatic carbocycles. The Balaban J connectivity index is 1.22. The van der Waals surface area contributed by atoms with Crippen molar-refractivity contribution in [2.45, 2.75) is 39.5 Å². The Morgan fingerprint density at radius 3 is 2.73 bits per heavy atom. The molecule has 156 valence electrons. The molecule has 8 heteroatoms. The van der Waals surface area contributed by atoms with E-state index < -0.39 is 0 Å². The fourth-order valence-corrected chi connectivity index (χ4v) is 4.69. The van der Waals surface area contributed by atoms with Crippen LogP contribution in [0.5, 0.6) is 0 Å². The van der Waals surface area contributed by atoms with Gasteiger partial charge in [0.1, 0.15) is 5.82 Å². The number of aryl methyl sites for hydroxylation is 1. The van der Waals surface area contributed by atoms with Gasteiger partial charge in [-0.2, -0.15) is 5.10 Å². The molecule has 1 fully saturated rings. The Morgan fingerprint density at radius 2 is 1.93 bits per heavy atom. The lowest BCUT2D eigenvalue weighted by Crippen LogP contribution is -2.32. The van der Waals surface area contributed by atoms with Crippen molar-refractivity contribution in [2.75, 3.05) is 13.1 Å². The number of hydrogen-bond donors (Lipinski definition) is 1. The third-order valence-electron chi connectivity index (χ3n) is 6.26. The van der Waals surface area contributed by atoms with Gasteiger partial charge in [-0.05, 0) is 24.3 Å². The van der Waals surface area contributed by atoms with Crippen LogP contribution >= 0.6 is 0 Å². The van der Waals surface area contributed by atoms with E-state index in [1.54, 1.807) is 0 Å². The third kappa shape index (κ3) is 3.75. The number of carbonyl (C=O) groups excluding carboxylic acids is 1. The third-order valence-corrected chi connectivity index (χ3v) is 6.26. The second-order valence-corrected chi connectivity index (χ2v) is 8.34. The molecule has 2 aliphatic heterocycles. The Labute approximate surface area is 175 Å². The van der Waals surface area contributed by atoms with E-state index in [1.807, 2.05) is 45.8 Å². The predicted octanol–water partition coefficient (Wildman–Crippen LogP) is 1.73. The first kappa shape index (κ1) is 19.0. The van der Waals surface area contributed by atoms with Gasteiger partial charge in [0.2, 0.25) is 5.82 Å². The van der Waals surface area contributed by atoms with Crippen molar-refractivity contribution in [1.82, 2.24) is 34.8 Å². The molecule has 8 nitrogen and oxygen atoms in total. The van der Waals surface area contributed by atoms with Gasteiger partial charge in [-0.3, -0.25) is 14.4 Å². The van der Waals surface area contributed by atoms with Crippen LogP contribution in [0, 0.1) is 11.8 Å². The lowest BCUT2D eigenvalue weighted by atomic mass is 9.89. The number of nitrogens with zero attached hydrogens (tertiary/aromatic N) is 6. The molecule has 1 amide bonds. The second kappa shape index (κ2) is 8.02. The summed E-state index contributed by atoms with van der Waals surface area (Å²) >= 11 is 0. The van der Waals surface area contributed by atoms with Crippen LogP contribution < -0.4 is 5.32 Å². The van der Waals surface area contributed by atoms with Gasteiger partial charge < -0.3 is 9.88 Å². The van der Waals surface area contributed by atoms with E-state index in [4.69, 9.17) is 0 Å². The number of hydrogen-bond acceptors (Lipinski definition) is 5. The van der Waals surface area contributed by atoms with E-state index in [2.05, 4.69) is 38.6 Å². The predicted molar refractivity (Wildman–Crippen MR) is 111 cm³/mol. The molecule has 1 N–H and O–H groups in total. The summed E-state index contributed by atoms with van der Waals surface area (Å²) in [4.78, 5) is 15.2. The van der Waals surface area contributed by atoms with Gasteiger partial charge >= 0.3 is 0 Å². The van der Waals surface area contributed by atoms with Gasteiger partial charge in [0.25, 0.3) is 5.91 Å². The Hall–Kier alpha value is -3.00. The zero-order chi connectivity index (χ0) is 20.5. The molecule has 0 spiro atoms. The molecule has 2 unspecified atom stereocenters. The van der Waals surface area contributed by atoms with Crippen LogP contribution in [-0.2, 0) is 32.6 Å². The Kier molecular flexibility index (Phi) is 5.08. The highest BCUT2D eigenvalue weighted by atomic mass is 16.2. The zero-order valence-corrected chi connectivity index (χ0v) is 17.2. The van der Waals surface area contributed by atoms with Crippen molar-refractivity contribution in [3.8, 4) is 0 Å². The smallest absolute Gasteiger partial charge is 0.289 e. The van der Waals surface area contributed by atoms with Gasteiger partial charge in [0, 0.05) is 57.4 Å². The summed E-state index contributed by atoms with van der Waals surface area (Å²) < 4.78 is 4.00. The SMILES string of the molecule is CCn1cc(CN2CC3Cc4nnc(C(=O)NCc5ccccc5)n4CC3C2)cn1. The van der Waals surface area contributed by atoms with Crippen LogP contribution in [0.2, 0.25) is 0 Å². The number of fused-ring (bicyclic) bond motifs is 2. The maximum Gasteiger partial charge on any atom is 0.289 e. The number of carbonyl (C=O) groups is 1. The van der Waals surface area contributed by atoms with E-state index in [9.17, 15) is 4.79 Å². The number of aromatic nitrogens is 5. The van der Waals surface area contributed by atoms with Crippen molar-refractivity contribution in [1.29, 1.82) is 0 Å². The second-order valence-electron chi connectivity index (χ2n) is 8.34. The molecule has 4 heterocycles. The van der Waals surface area contributed by atoms with E-state index in [0.717, 1.165) is 50.5 Å². The van der Waals surface area contributed by atoms with E-state index >= 15 is 0 Å². The standard InChI is InChI=1S/C22H27N7O/c1-2-28-12-17(10-24-28)11-27-13-18-8-20-25-26-21(29(20)15-19(18)14-27)22(30)23-9-16-6-4-3-5-7-16/h3-7,10,12,18-19H,2,8-9,11,13-15H2,1H3,(H,23,30). The van der Waals surface area contributed by atoms with Crippen LogP contribution in [0.1, 0.15) is 34.5 Å². The molecule has 0 aliphatic carbocycles. The van der Waals surface area contributed by atoms with E-state index in [-0.39, 0.29) is 5.91 Å². The summed E-state index contributed by atoms with van der Waals surface area (Å²) in [6.45, 7) is 7.32. The molecule has 2 atom stereocenters. The normalized spacial score (nSPS) is 20.7. The maximum absolute atomic E-state index is 12.7. The van der Waals surface area contributed by atoms with Crippen LogP contribution in [0.15, 0.2) is 42.7 Å². The summed E-state index contributed by atoms with van der Waals surface area (Å²) in [5.74, 6) is 2.31. The molecule has 3 aromatic rings. The summed E-state index contributed by atoms with van der Waals surface area (Å²) in [6, 6.07) is 9.92. The highest BCUT2D eigenvalue weighted by Gasteiger charge is 2.39. The molecule has 0 saturated carbocycles.